The number of nitrogen functional groups attached to an aromatic ring is 1. The number of nitrogens with two attached hydrogens (primary N) is 1. The Hall–Kier alpha value is -2.44. The maximum atomic E-state index is 12.6. The van der Waals surface area contributed by atoms with Crippen LogP contribution in [0.25, 0.3) is 0 Å². The number of alkyl halides is 3. The van der Waals surface area contributed by atoms with Gasteiger partial charge < -0.3 is 15.2 Å². The standard InChI is InChI=1S/C13H11F3N2O2/c1-19-11-6-5-10(17)12(18-11)20-9-4-2-3-8(7-9)13(14,15)16/h2-7H,17H2,1H3. The van der Waals surface area contributed by atoms with Crippen molar-refractivity contribution in [2.45, 2.75) is 6.18 Å². The van der Waals surface area contributed by atoms with Crippen molar-refractivity contribution in [2.24, 2.45) is 0 Å². The molecule has 0 spiro atoms. The summed E-state index contributed by atoms with van der Waals surface area (Å²) in [5.41, 5.74) is 5.04. The van der Waals surface area contributed by atoms with Gasteiger partial charge in [0.25, 0.3) is 0 Å². The molecule has 0 unspecified atom stereocenters. The predicted molar refractivity (Wildman–Crippen MR) is 66.7 cm³/mol. The molecule has 0 saturated carbocycles. The van der Waals surface area contributed by atoms with Gasteiger partial charge in [0.2, 0.25) is 11.8 Å². The summed E-state index contributed by atoms with van der Waals surface area (Å²) in [6.45, 7) is 0. The summed E-state index contributed by atoms with van der Waals surface area (Å²) in [7, 11) is 1.41. The van der Waals surface area contributed by atoms with Gasteiger partial charge in [-0.2, -0.15) is 18.2 Å². The monoisotopic (exact) mass is 284 g/mol. The molecule has 2 N–H and O–H groups in total. The largest absolute Gasteiger partial charge is 0.481 e. The number of benzene rings is 1. The Balaban J connectivity index is 2.30. The lowest BCUT2D eigenvalue weighted by molar-refractivity contribution is -0.137. The van der Waals surface area contributed by atoms with E-state index in [1.165, 1.54) is 31.4 Å². The van der Waals surface area contributed by atoms with Gasteiger partial charge >= 0.3 is 6.18 Å². The molecule has 0 atom stereocenters. The summed E-state index contributed by atoms with van der Waals surface area (Å²) in [5, 5.41) is 0. The van der Waals surface area contributed by atoms with E-state index in [1.807, 2.05) is 0 Å². The maximum Gasteiger partial charge on any atom is 0.416 e. The molecule has 2 rings (SSSR count). The van der Waals surface area contributed by atoms with E-state index in [0.717, 1.165) is 12.1 Å². The SMILES string of the molecule is COc1ccc(N)c(Oc2cccc(C(F)(F)F)c2)n1. The summed E-state index contributed by atoms with van der Waals surface area (Å²) >= 11 is 0. The van der Waals surface area contributed by atoms with Gasteiger partial charge in [0, 0.05) is 6.07 Å². The molecule has 1 heterocycles. The lowest BCUT2D eigenvalue weighted by Crippen LogP contribution is -2.05. The molecule has 0 bridgehead atoms. The summed E-state index contributed by atoms with van der Waals surface area (Å²) in [6, 6.07) is 7.48. The van der Waals surface area contributed by atoms with Crippen molar-refractivity contribution in [3.63, 3.8) is 0 Å². The summed E-state index contributed by atoms with van der Waals surface area (Å²) < 4.78 is 47.9. The molecule has 0 aliphatic carbocycles. The van der Waals surface area contributed by atoms with E-state index in [-0.39, 0.29) is 23.2 Å². The van der Waals surface area contributed by atoms with Crippen LogP contribution in [0.2, 0.25) is 0 Å². The van der Waals surface area contributed by atoms with Gasteiger partial charge in [-0.3, -0.25) is 0 Å². The number of nitrogens with zero attached hydrogens (tertiary/aromatic N) is 1. The molecule has 0 saturated heterocycles. The van der Waals surface area contributed by atoms with Gasteiger partial charge in [-0.1, -0.05) is 6.07 Å². The fraction of sp³-hybridized carbons (Fsp3) is 0.154. The van der Waals surface area contributed by atoms with Crippen LogP contribution in [-0.4, -0.2) is 12.1 Å². The van der Waals surface area contributed by atoms with Crippen molar-refractivity contribution in [3.8, 4) is 17.5 Å². The van der Waals surface area contributed by atoms with Gasteiger partial charge in [-0.05, 0) is 24.3 Å². The van der Waals surface area contributed by atoms with Gasteiger partial charge in [-0.25, -0.2) is 0 Å². The average molecular weight is 284 g/mol. The summed E-state index contributed by atoms with van der Waals surface area (Å²) in [6.07, 6.45) is -4.44. The number of rotatable bonds is 3. The predicted octanol–water partition coefficient (Wildman–Crippen LogP) is 3.48. The molecule has 1 aromatic heterocycles. The van der Waals surface area contributed by atoms with E-state index in [2.05, 4.69) is 4.98 Å². The number of aromatic nitrogens is 1. The Morgan fingerprint density at radius 1 is 1.15 bits per heavy atom. The smallest absolute Gasteiger partial charge is 0.416 e. The number of hydrogen-bond acceptors (Lipinski definition) is 4. The van der Waals surface area contributed by atoms with Gasteiger partial charge in [0.15, 0.2) is 0 Å². The Morgan fingerprint density at radius 2 is 1.90 bits per heavy atom. The second kappa shape index (κ2) is 5.28. The van der Waals surface area contributed by atoms with Crippen molar-refractivity contribution in [3.05, 3.63) is 42.0 Å². The highest BCUT2D eigenvalue weighted by Crippen LogP contribution is 2.33. The van der Waals surface area contributed by atoms with Gasteiger partial charge in [0.05, 0.1) is 18.4 Å². The molecule has 106 valence electrons. The zero-order valence-corrected chi connectivity index (χ0v) is 10.4. The number of anilines is 1. The summed E-state index contributed by atoms with van der Waals surface area (Å²) in [5.74, 6) is 0.233. The van der Waals surface area contributed by atoms with Crippen LogP contribution in [0.4, 0.5) is 18.9 Å². The van der Waals surface area contributed by atoms with Crippen LogP contribution in [-0.2, 0) is 6.18 Å². The fourth-order valence-electron chi connectivity index (χ4n) is 1.48. The second-order valence-corrected chi connectivity index (χ2v) is 3.88. The highest BCUT2D eigenvalue weighted by Gasteiger charge is 2.30. The van der Waals surface area contributed by atoms with E-state index < -0.39 is 11.7 Å². The molecule has 2 aromatic rings. The molecule has 0 fully saturated rings. The quantitative estimate of drug-likeness (QED) is 0.937. The Bertz CT molecular complexity index is 615. The Kier molecular flexibility index (Phi) is 3.69. The number of hydrogen-bond donors (Lipinski definition) is 1. The number of halogens is 3. The molecular weight excluding hydrogens is 273 g/mol. The van der Waals surface area contributed by atoms with Crippen LogP contribution in [0.5, 0.6) is 17.5 Å². The van der Waals surface area contributed by atoms with Crippen molar-refractivity contribution >= 4 is 5.69 Å². The molecule has 20 heavy (non-hydrogen) atoms. The molecule has 7 heteroatoms. The Morgan fingerprint density at radius 3 is 2.55 bits per heavy atom. The third-order valence-electron chi connectivity index (χ3n) is 2.45. The highest BCUT2D eigenvalue weighted by atomic mass is 19.4. The minimum absolute atomic E-state index is 0.00715. The van der Waals surface area contributed by atoms with Crippen LogP contribution in [0.1, 0.15) is 5.56 Å². The normalized spacial score (nSPS) is 11.2. The molecule has 0 aliphatic heterocycles. The fourth-order valence-corrected chi connectivity index (χ4v) is 1.48. The topological polar surface area (TPSA) is 57.4 Å². The van der Waals surface area contributed by atoms with E-state index in [4.69, 9.17) is 15.2 Å². The number of methoxy groups -OCH3 is 1. The van der Waals surface area contributed by atoms with E-state index >= 15 is 0 Å². The molecule has 0 aliphatic rings. The summed E-state index contributed by atoms with van der Waals surface area (Å²) in [4.78, 5) is 3.93. The first-order valence-electron chi connectivity index (χ1n) is 5.56. The number of pyridine rings is 1. The van der Waals surface area contributed by atoms with Crippen molar-refractivity contribution in [1.82, 2.24) is 4.98 Å². The van der Waals surface area contributed by atoms with Gasteiger partial charge in [-0.15, -0.1) is 0 Å². The molecule has 1 aromatic carbocycles. The van der Waals surface area contributed by atoms with Crippen LogP contribution in [0.15, 0.2) is 36.4 Å². The van der Waals surface area contributed by atoms with E-state index in [0.29, 0.717) is 0 Å². The first kappa shape index (κ1) is 14.0. The van der Waals surface area contributed by atoms with Crippen LogP contribution in [0.3, 0.4) is 0 Å². The van der Waals surface area contributed by atoms with E-state index in [1.54, 1.807) is 0 Å². The minimum Gasteiger partial charge on any atom is -0.481 e. The lowest BCUT2D eigenvalue weighted by Gasteiger charge is -2.11. The van der Waals surface area contributed by atoms with Crippen molar-refractivity contribution in [2.75, 3.05) is 12.8 Å². The number of ether oxygens (including phenoxy) is 2. The first-order valence-corrected chi connectivity index (χ1v) is 5.56. The maximum absolute atomic E-state index is 12.6. The van der Waals surface area contributed by atoms with Crippen molar-refractivity contribution < 1.29 is 22.6 Å². The van der Waals surface area contributed by atoms with Crippen molar-refractivity contribution in [1.29, 1.82) is 0 Å². The van der Waals surface area contributed by atoms with Crippen LogP contribution >= 0.6 is 0 Å². The minimum atomic E-state index is -4.44. The molecular formula is C13H11F3N2O2. The highest BCUT2D eigenvalue weighted by molar-refractivity contribution is 5.51. The average Bonchev–Trinajstić information content (AvgIpc) is 2.41. The third kappa shape index (κ3) is 3.11. The lowest BCUT2D eigenvalue weighted by atomic mass is 10.2. The molecule has 0 amide bonds. The first-order chi connectivity index (χ1) is 9.40. The van der Waals surface area contributed by atoms with Gasteiger partial charge in [0.1, 0.15) is 5.75 Å². The molecule has 0 radical (unpaired) electrons. The molecule has 4 nitrogen and oxygen atoms in total. The zero-order chi connectivity index (χ0) is 14.8. The van der Waals surface area contributed by atoms with Crippen LogP contribution < -0.4 is 15.2 Å². The third-order valence-corrected chi connectivity index (χ3v) is 2.45. The van der Waals surface area contributed by atoms with E-state index in [9.17, 15) is 13.2 Å². The second-order valence-electron chi connectivity index (χ2n) is 3.88. The zero-order valence-electron chi connectivity index (χ0n) is 10.4. The Labute approximate surface area is 113 Å². The van der Waals surface area contributed by atoms with Crippen LogP contribution in [0, 0.1) is 0 Å².